The van der Waals surface area contributed by atoms with Crippen LogP contribution in [0.25, 0.3) is 0 Å². The van der Waals surface area contributed by atoms with Crippen molar-refractivity contribution in [2.24, 2.45) is 5.92 Å². The number of hydrogen-bond donors (Lipinski definition) is 1. The lowest BCUT2D eigenvalue weighted by molar-refractivity contribution is -0.384. The molecule has 1 heterocycles. The maximum atomic E-state index is 14.1. The summed E-state index contributed by atoms with van der Waals surface area (Å²) in [4.78, 5) is 12.0. The van der Waals surface area contributed by atoms with Gasteiger partial charge in [-0.15, -0.1) is 0 Å². The Morgan fingerprint density at radius 3 is 2.81 bits per heavy atom. The first kappa shape index (κ1) is 15.6. The van der Waals surface area contributed by atoms with Gasteiger partial charge in [0.05, 0.1) is 4.92 Å². The molecule has 1 aliphatic heterocycles. The standard InChI is InChI=1S/C14H19F2N3O2/c1-2-18(9-10-4-3-7-17-8-10)14-12(19(20)21)6-5-11(15)13(14)16/h5-6,10,17H,2-4,7-9H2,1H3. The van der Waals surface area contributed by atoms with Crippen LogP contribution < -0.4 is 10.2 Å². The Morgan fingerprint density at radius 1 is 1.48 bits per heavy atom. The number of halogens is 2. The lowest BCUT2D eigenvalue weighted by atomic mass is 9.98. The second kappa shape index (κ2) is 6.80. The van der Waals surface area contributed by atoms with Gasteiger partial charge in [0.1, 0.15) is 0 Å². The van der Waals surface area contributed by atoms with Gasteiger partial charge >= 0.3 is 0 Å². The van der Waals surface area contributed by atoms with Gasteiger partial charge in [-0.25, -0.2) is 8.78 Å². The molecular weight excluding hydrogens is 280 g/mol. The molecule has 1 fully saturated rings. The molecule has 0 bridgehead atoms. The molecule has 0 aliphatic carbocycles. The molecule has 2 rings (SSSR count). The summed E-state index contributed by atoms with van der Waals surface area (Å²) in [5.74, 6) is -1.92. The summed E-state index contributed by atoms with van der Waals surface area (Å²) >= 11 is 0. The molecule has 0 aromatic heterocycles. The Bertz CT molecular complexity index is 519. The first-order chi connectivity index (χ1) is 10.0. The van der Waals surface area contributed by atoms with E-state index in [1.807, 2.05) is 0 Å². The Balaban J connectivity index is 2.31. The zero-order chi connectivity index (χ0) is 15.4. The van der Waals surface area contributed by atoms with Crippen molar-refractivity contribution in [2.45, 2.75) is 19.8 Å². The maximum absolute atomic E-state index is 14.1. The van der Waals surface area contributed by atoms with Crippen molar-refractivity contribution in [1.29, 1.82) is 0 Å². The van der Waals surface area contributed by atoms with Crippen LogP contribution in [-0.4, -0.2) is 31.1 Å². The number of piperidine rings is 1. The molecule has 21 heavy (non-hydrogen) atoms. The summed E-state index contributed by atoms with van der Waals surface area (Å²) in [6.07, 6.45) is 2.00. The average Bonchev–Trinajstić information content (AvgIpc) is 2.48. The molecule has 1 N–H and O–H groups in total. The van der Waals surface area contributed by atoms with E-state index in [0.717, 1.165) is 38.1 Å². The first-order valence-electron chi connectivity index (χ1n) is 7.12. The molecule has 0 radical (unpaired) electrons. The summed E-state index contributed by atoms with van der Waals surface area (Å²) in [6.45, 7) is 4.39. The van der Waals surface area contributed by atoms with Crippen LogP contribution in [0.4, 0.5) is 20.2 Å². The van der Waals surface area contributed by atoms with Crippen LogP contribution in [0.1, 0.15) is 19.8 Å². The molecule has 1 aromatic carbocycles. The van der Waals surface area contributed by atoms with Gasteiger partial charge in [-0.2, -0.15) is 0 Å². The van der Waals surface area contributed by atoms with Gasteiger partial charge < -0.3 is 10.2 Å². The van der Waals surface area contributed by atoms with Crippen molar-refractivity contribution < 1.29 is 13.7 Å². The van der Waals surface area contributed by atoms with Crippen molar-refractivity contribution >= 4 is 11.4 Å². The van der Waals surface area contributed by atoms with E-state index in [0.29, 0.717) is 13.1 Å². The quantitative estimate of drug-likeness (QED) is 0.671. The van der Waals surface area contributed by atoms with Gasteiger partial charge in [0.25, 0.3) is 5.69 Å². The van der Waals surface area contributed by atoms with Crippen LogP contribution in [0.5, 0.6) is 0 Å². The molecule has 0 amide bonds. The number of rotatable bonds is 5. The van der Waals surface area contributed by atoms with Gasteiger partial charge in [-0.3, -0.25) is 10.1 Å². The van der Waals surface area contributed by atoms with E-state index in [4.69, 9.17) is 0 Å². The second-order valence-corrected chi connectivity index (χ2v) is 5.24. The number of nitrogens with zero attached hydrogens (tertiary/aromatic N) is 2. The molecule has 1 atom stereocenters. The fourth-order valence-corrected chi connectivity index (χ4v) is 2.75. The first-order valence-corrected chi connectivity index (χ1v) is 7.12. The zero-order valence-corrected chi connectivity index (χ0v) is 11.9. The molecule has 0 saturated carbocycles. The summed E-state index contributed by atoms with van der Waals surface area (Å²) in [5, 5.41) is 14.3. The monoisotopic (exact) mass is 299 g/mol. The third-order valence-electron chi connectivity index (χ3n) is 3.82. The number of anilines is 1. The van der Waals surface area contributed by atoms with E-state index in [9.17, 15) is 18.9 Å². The molecule has 1 aromatic rings. The largest absolute Gasteiger partial charge is 0.363 e. The fraction of sp³-hybridized carbons (Fsp3) is 0.571. The normalized spacial score (nSPS) is 18.5. The van der Waals surface area contributed by atoms with Crippen molar-refractivity contribution in [3.05, 3.63) is 33.9 Å². The zero-order valence-electron chi connectivity index (χ0n) is 11.9. The van der Waals surface area contributed by atoms with Crippen molar-refractivity contribution in [2.75, 3.05) is 31.1 Å². The van der Waals surface area contributed by atoms with Crippen molar-refractivity contribution in [3.8, 4) is 0 Å². The Hall–Kier alpha value is -1.76. The number of benzene rings is 1. The van der Waals surface area contributed by atoms with Gasteiger partial charge in [-0.05, 0) is 44.8 Å². The maximum Gasteiger partial charge on any atom is 0.295 e. The molecule has 5 nitrogen and oxygen atoms in total. The summed E-state index contributed by atoms with van der Waals surface area (Å²) in [7, 11) is 0. The van der Waals surface area contributed by atoms with E-state index in [1.165, 1.54) is 0 Å². The molecule has 7 heteroatoms. The number of nitrogens with one attached hydrogen (secondary N) is 1. The summed E-state index contributed by atoms with van der Waals surface area (Å²) < 4.78 is 27.5. The third kappa shape index (κ3) is 3.47. The smallest absolute Gasteiger partial charge is 0.295 e. The fourth-order valence-electron chi connectivity index (χ4n) is 2.75. The SMILES string of the molecule is CCN(CC1CCCNC1)c1c([N+](=O)[O-])ccc(F)c1F. The van der Waals surface area contributed by atoms with Crippen LogP contribution in [0, 0.1) is 27.7 Å². The van der Waals surface area contributed by atoms with Gasteiger partial charge in [0.15, 0.2) is 17.3 Å². The topological polar surface area (TPSA) is 58.4 Å². The highest BCUT2D eigenvalue weighted by molar-refractivity contribution is 5.64. The van der Waals surface area contributed by atoms with Crippen molar-refractivity contribution in [3.63, 3.8) is 0 Å². The minimum Gasteiger partial charge on any atom is -0.363 e. The average molecular weight is 299 g/mol. The molecule has 0 spiro atoms. The number of nitro benzene ring substituents is 1. The van der Waals surface area contributed by atoms with Crippen molar-refractivity contribution in [1.82, 2.24) is 5.32 Å². The van der Waals surface area contributed by atoms with E-state index < -0.39 is 16.6 Å². The number of nitro groups is 1. The van der Waals surface area contributed by atoms with E-state index in [1.54, 1.807) is 11.8 Å². The predicted molar refractivity (Wildman–Crippen MR) is 76.5 cm³/mol. The minimum absolute atomic E-state index is 0.243. The highest BCUT2D eigenvalue weighted by Crippen LogP contribution is 2.33. The Morgan fingerprint density at radius 2 is 2.24 bits per heavy atom. The molecular formula is C14H19F2N3O2. The highest BCUT2D eigenvalue weighted by atomic mass is 19.2. The molecule has 1 aliphatic rings. The second-order valence-electron chi connectivity index (χ2n) is 5.24. The minimum atomic E-state index is -1.14. The van der Waals surface area contributed by atoms with Crippen LogP contribution in [-0.2, 0) is 0 Å². The lowest BCUT2D eigenvalue weighted by Crippen LogP contribution is -2.39. The van der Waals surface area contributed by atoms with Gasteiger partial charge in [0.2, 0.25) is 0 Å². The third-order valence-corrected chi connectivity index (χ3v) is 3.82. The molecule has 1 saturated heterocycles. The van der Waals surface area contributed by atoms with Gasteiger partial charge in [-0.1, -0.05) is 0 Å². The Kier molecular flexibility index (Phi) is 5.06. The number of hydrogen-bond acceptors (Lipinski definition) is 4. The summed E-state index contributed by atoms with van der Waals surface area (Å²) in [6, 6.07) is 1.82. The van der Waals surface area contributed by atoms with Gasteiger partial charge in [0, 0.05) is 19.2 Å². The Labute approximate surface area is 122 Å². The van der Waals surface area contributed by atoms with Crippen LogP contribution in [0.2, 0.25) is 0 Å². The van der Waals surface area contributed by atoms with E-state index in [2.05, 4.69) is 5.32 Å². The van der Waals surface area contributed by atoms with Crippen LogP contribution >= 0.6 is 0 Å². The van der Waals surface area contributed by atoms with Crippen LogP contribution in [0.3, 0.4) is 0 Å². The van der Waals surface area contributed by atoms with E-state index in [-0.39, 0.29) is 17.3 Å². The highest BCUT2D eigenvalue weighted by Gasteiger charge is 2.27. The van der Waals surface area contributed by atoms with E-state index >= 15 is 0 Å². The molecule has 116 valence electrons. The molecule has 1 unspecified atom stereocenters. The lowest BCUT2D eigenvalue weighted by Gasteiger charge is -2.30. The summed E-state index contributed by atoms with van der Waals surface area (Å²) in [5.41, 5.74) is -0.632. The predicted octanol–water partition coefficient (Wildman–Crippen LogP) is 2.70. The van der Waals surface area contributed by atoms with Crippen LogP contribution in [0.15, 0.2) is 12.1 Å².